The molecule has 4 atom stereocenters. The molecule has 0 aromatic rings. The highest BCUT2D eigenvalue weighted by molar-refractivity contribution is 5.85. The van der Waals surface area contributed by atoms with Crippen LogP contribution in [0.15, 0.2) is 0 Å². The summed E-state index contributed by atoms with van der Waals surface area (Å²) in [5, 5.41) is 0. The minimum Gasteiger partial charge on any atom is -0.344 e. The quantitative estimate of drug-likeness (QED) is 0.765. The predicted octanol–water partition coefficient (Wildman–Crippen LogP) is 0.698. The number of likely N-dealkylation sites (N-methyl/N-ethyl adjacent to an activating group) is 1. The highest BCUT2D eigenvalue weighted by atomic mass is 35.5. The molecule has 5 heteroatoms. The van der Waals surface area contributed by atoms with E-state index in [1.807, 2.05) is 11.9 Å². The normalized spacial score (nSPS) is 40.8. The van der Waals surface area contributed by atoms with Crippen LogP contribution >= 0.6 is 12.4 Å². The molecule has 1 saturated carbocycles. The average molecular weight is 274 g/mol. The van der Waals surface area contributed by atoms with Crippen molar-refractivity contribution >= 4 is 18.3 Å². The van der Waals surface area contributed by atoms with E-state index in [0.717, 1.165) is 32.0 Å². The fourth-order valence-electron chi connectivity index (χ4n) is 3.95. The third-order valence-electron chi connectivity index (χ3n) is 5.02. The van der Waals surface area contributed by atoms with E-state index >= 15 is 0 Å². The number of likely N-dealkylation sites (tertiary alicyclic amines) is 2. The zero-order chi connectivity index (χ0) is 12.0. The topological polar surface area (TPSA) is 49.6 Å². The van der Waals surface area contributed by atoms with Crippen LogP contribution in [0.3, 0.4) is 0 Å². The van der Waals surface area contributed by atoms with E-state index in [-0.39, 0.29) is 18.4 Å². The monoisotopic (exact) mass is 273 g/mol. The highest BCUT2D eigenvalue weighted by Gasteiger charge is 2.44. The summed E-state index contributed by atoms with van der Waals surface area (Å²) in [6.45, 7) is 3.07. The number of rotatable bonds is 1. The summed E-state index contributed by atoms with van der Waals surface area (Å²) in [5.74, 6) is 1.71. The van der Waals surface area contributed by atoms with Gasteiger partial charge < -0.3 is 10.6 Å². The first-order valence-electron chi connectivity index (χ1n) is 6.91. The molecule has 2 heterocycles. The van der Waals surface area contributed by atoms with Crippen molar-refractivity contribution in [2.45, 2.75) is 37.8 Å². The number of hydrogen-bond acceptors (Lipinski definition) is 3. The van der Waals surface area contributed by atoms with Gasteiger partial charge in [0.1, 0.15) is 0 Å². The second-order valence-electron chi connectivity index (χ2n) is 6.04. The number of carbonyl (C=O) groups excluding carboxylic acids is 1. The van der Waals surface area contributed by atoms with Crippen molar-refractivity contribution in [3.63, 3.8) is 0 Å². The van der Waals surface area contributed by atoms with E-state index in [0.29, 0.717) is 17.9 Å². The van der Waals surface area contributed by atoms with Gasteiger partial charge in [0.15, 0.2) is 0 Å². The van der Waals surface area contributed by atoms with Crippen molar-refractivity contribution < 1.29 is 4.79 Å². The van der Waals surface area contributed by atoms with Crippen LogP contribution in [0.4, 0.5) is 0 Å². The molecule has 1 amide bonds. The predicted molar refractivity (Wildman–Crippen MR) is 73.7 cm³/mol. The van der Waals surface area contributed by atoms with Gasteiger partial charge in [0.2, 0.25) is 5.91 Å². The van der Waals surface area contributed by atoms with Gasteiger partial charge in [-0.2, -0.15) is 0 Å². The molecule has 3 fully saturated rings. The van der Waals surface area contributed by atoms with Crippen LogP contribution in [0.2, 0.25) is 0 Å². The molecule has 3 aliphatic rings. The third-order valence-corrected chi connectivity index (χ3v) is 5.02. The maximum atomic E-state index is 12.0. The Kier molecular flexibility index (Phi) is 4.19. The van der Waals surface area contributed by atoms with E-state index in [1.165, 1.54) is 19.3 Å². The van der Waals surface area contributed by atoms with Gasteiger partial charge in [-0.3, -0.25) is 9.69 Å². The lowest BCUT2D eigenvalue weighted by Gasteiger charge is -2.30. The summed E-state index contributed by atoms with van der Waals surface area (Å²) in [6, 6.07) is 0.519. The molecule has 0 bridgehead atoms. The van der Waals surface area contributed by atoms with Crippen molar-refractivity contribution in [3.05, 3.63) is 0 Å². The fraction of sp³-hybridized carbons (Fsp3) is 0.923. The second kappa shape index (κ2) is 5.35. The molecule has 0 spiro atoms. The molecule has 0 aromatic heterocycles. The van der Waals surface area contributed by atoms with Crippen molar-refractivity contribution in [2.24, 2.45) is 17.6 Å². The number of fused-ring (bicyclic) bond motifs is 1. The first-order valence-corrected chi connectivity index (χ1v) is 6.91. The van der Waals surface area contributed by atoms with Gasteiger partial charge in [-0.05, 0) is 31.1 Å². The highest BCUT2D eigenvalue weighted by Crippen LogP contribution is 2.37. The lowest BCUT2D eigenvalue weighted by atomic mass is 9.78. The third kappa shape index (κ3) is 2.26. The van der Waals surface area contributed by atoms with Crippen LogP contribution in [-0.4, -0.2) is 54.5 Å². The maximum Gasteiger partial charge on any atom is 0.239 e. The van der Waals surface area contributed by atoms with Gasteiger partial charge >= 0.3 is 0 Å². The zero-order valence-electron chi connectivity index (χ0n) is 11.0. The molecule has 2 saturated heterocycles. The summed E-state index contributed by atoms with van der Waals surface area (Å²) in [7, 11) is 1.91. The standard InChI is InChI=1S/C13H23N3O.ClH/c1-15-6-5-12(13(15)17)16-7-9-3-2-4-11(14)10(9)8-16;/h9-12H,2-8,14H2,1H3;1H. The molecule has 2 N–H and O–H groups in total. The van der Waals surface area contributed by atoms with Crippen LogP contribution < -0.4 is 5.73 Å². The van der Waals surface area contributed by atoms with E-state index in [1.54, 1.807) is 0 Å². The van der Waals surface area contributed by atoms with Crippen molar-refractivity contribution in [2.75, 3.05) is 26.7 Å². The van der Waals surface area contributed by atoms with Crippen LogP contribution in [-0.2, 0) is 4.79 Å². The largest absolute Gasteiger partial charge is 0.344 e. The van der Waals surface area contributed by atoms with E-state index < -0.39 is 0 Å². The van der Waals surface area contributed by atoms with E-state index in [4.69, 9.17) is 5.73 Å². The summed E-state index contributed by atoms with van der Waals surface area (Å²) in [4.78, 5) is 16.3. The van der Waals surface area contributed by atoms with Crippen molar-refractivity contribution in [1.82, 2.24) is 9.80 Å². The molecule has 104 valence electrons. The number of hydrogen-bond donors (Lipinski definition) is 1. The zero-order valence-corrected chi connectivity index (χ0v) is 11.9. The Balaban J connectivity index is 0.00000120. The molecular formula is C13H24ClN3O. The minimum absolute atomic E-state index is 0. The van der Waals surface area contributed by atoms with Crippen molar-refractivity contribution in [3.8, 4) is 0 Å². The van der Waals surface area contributed by atoms with E-state index in [9.17, 15) is 4.79 Å². The van der Waals surface area contributed by atoms with Crippen LogP contribution in [0.5, 0.6) is 0 Å². The summed E-state index contributed by atoms with van der Waals surface area (Å²) in [5.41, 5.74) is 6.22. The molecule has 2 aliphatic heterocycles. The molecule has 4 nitrogen and oxygen atoms in total. The Morgan fingerprint density at radius 1 is 1.22 bits per heavy atom. The number of halogens is 1. The summed E-state index contributed by atoms with van der Waals surface area (Å²) >= 11 is 0. The number of amides is 1. The smallest absolute Gasteiger partial charge is 0.239 e. The molecule has 3 rings (SSSR count). The van der Waals surface area contributed by atoms with Gasteiger partial charge in [-0.25, -0.2) is 0 Å². The fourth-order valence-corrected chi connectivity index (χ4v) is 3.95. The molecule has 18 heavy (non-hydrogen) atoms. The van der Waals surface area contributed by atoms with Crippen LogP contribution in [0.25, 0.3) is 0 Å². The lowest BCUT2D eigenvalue weighted by molar-refractivity contribution is -0.130. The Bertz CT molecular complexity index is 325. The van der Waals surface area contributed by atoms with Gasteiger partial charge in [0.25, 0.3) is 0 Å². The first kappa shape index (κ1) is 14.1. The molecule has 0 radical (unpaired) electrons. The van der Waals surface area contributed by atoms with Crippen LogP contribution in [0.1, 0.15) is 25.7 Å². The Morgan fingerprint density at radius 2 is 2.00 bits per heavy atom. The molecule has 0 aromatic carbocycles. The van der Waals surface area contributed by atoms with Gasteiger partial charge in [0, 0.05) is 32.7 Å². The number of nitrogens with zero attached hydrogens (tertiary/aromatic N) is 2. The first-order chi connectivity index (χ1) is 8.16. The SMILES string of the molecule is CN1CCC(N2CC3CCCC(N)C3C2)C1=O.Cl. The summed E-state index contributed by atoms with van der Waals surface area (Å²) < 4.78 is 0. The Morgan fingerprint density at radius 3 is 2.61 bits per heavy atom. The molecular weight excluding hydrogens is 250 g/mol. The van der Waals surface area contributed by atoms with Gasteiger partial charge in [-0.15, -0.1) is 12.4 Å². The second-order valence-corrected chi connectivity index (χ2v) is 6.04. The summed E-state index contributed by atoms with van der Waals surface area (Å²) in [6.07, 6.45) is 4.76. The Labute approximate surface area is 115 Å². The van der Waals surface area contributed by atoms with E-state index in [2.05, 4.69) is 4.90 Å². The maximum absolute atomic E-state index is 12.0. The lowest BCUT2D eigenvalue weighted by Crippen LogP contribution is -2.41. The van der Waals surface area contributed by atoms with Crippen molar-refractivity contribution in [1.29, 1.82) is 0 Å². The Hall–Kier alpha value is -0.320. The number of nitrogens with two attached hydrogens (primary N) is 1. The van der Waals surface area contributed by atoms with Gasteiger partial charge in [0.05, 0.1) is 6.04 Å². The van der Waals surface area contributed by atoms with Crippen LogP contribution in [0, 0.1) is 11.8 Å². The minimum atomic E-state index is 0. The van der Waals surface area contributed by atoms with Gasteiger partial charge in [-0.1, -0.05) is 6.42 Å². The average Bonchev–Trinajstić information content (AvgIpc) is 2.85. The molecule has 4 unspecified atom stereocenters. The number of carbonyl (C=O) groups is 1. The molecule has 1 aliphatic carbocycles.